The molecule has 1 unspecified atom stereocenters. The van der Waals surface area contributed by atoms with Crippen LogP contribution >= 0.6 is 0 Å². The number of amides is 1. The van der Waals surface area contributed by atoms with Crippen molar-refractivity contribution >= 4 is 11.6 Å². The van der Waals surface area contributed by atoms with Crippen LogP contribution in [-0.2, 0) is 9.53 Å². The molecule has 2 saturated heterocycles. The third kappa shape index (κ3) is 3.67. The van der Waals surface area contributed by atoms with E-state index in [-0.39, 0.29) is 24.2 Å². The molecule has 0 aromatic heterocycles. The van der Waals surface area contributed by atoms with Crippen LogP contribution in [0.3, 0.4) is 0 Å². The SMILES string of the molecule is CN(C(=O)[C@@H]1CC[C@H](CN)O1)C1CCCN(c2ccccc2)C1. The van der Waals surface area contributed by atoms with Gasteiger partial charge in [-0.15, -0.1) is 0 Å². The van der Waals surface area contributed by atoms with E-state index in [9.17, 15) is 4.79 Å². The predicted octanol–water partition coefficient (Wildman–Crippen LogP) is 1.62. The van der Waals surface area contributed by atoms with Gasteiger partial charge in [-0.2, -0.15) is 0 Å². The van der Waals surface area contributed by atoms with Crippen LogP contribution in [0.4, 0.5) is 5.69 Å². The van der Waals surface area contributed by atoms with Crippen molar-refractivity contribution in [1.82, 2.24) is 4.90 Å². The summed E-state index contributed by atoms with van der Waals surface area (Å²) < 4.78 is 5.77. The van der Waals surface area contributed by atoms with Crippen LogP contribution in [0.5, 0.6) is 0 Å². The van der Waals surface area contributed by atoms with Crippen LogP contribution in [0.1, 0.15) is 25.7 Å². The van der Waals surface area contributed by atoms with Gasteiger partial charge in [-0.1, -0.05) is 18.2 Å². The first-order chi connectivity index (χ1) is 11.2. The Morgan fingerprint density at radius 1 is 1.30 bits per heavy atom. The highest BCUT2D eigenvalue weighted by Gasteiger charge is 2.35. The van der Waals surface area contributed by atoms with Crippen LogP contribution in [0.25, 0.3) is 0 Å². The van der Waals surface area contributed by atoms with E-state index in [1.807, 2.05) is 18.0 Å². The maximum atomic E-state index is 12.7. The summed E-state index contributed by atoms with van der Waals surface area (Å²) in [6.07, 6.45) is 3.58. The van der Waals surface area contributed by atoms with E-state index in [1.165, 1.54) is 5.69 Å². The average molecular weight is 317 g/mol. The number of likely N-dealkylation sites (N-methyl/N-ethyl adjacent to an activating group) is 1. The third-order valence-electron chi connectivity index (χ3n) is 5.06. The number of hydrogen-bond donors (Lipinski definition) is 1. The fraction of sp³-hybridized carbons (Fsp3) is 0.611. The fourth-order valence-corrected chi connectivity index (χ4v) is 3.61. The topological polar surface area (TPSA) is 58.8 Å². The van der Waals surface area contributed by atoms with Crippen LogP contribution < -0.4 is 10.6 Å². The Balaban J connectivity index is 1.61. The first-order valence-electron chi connectivity index (χ1n) is 8.61. The molecule has 2 heterocycles. The fourth-order valence-electron chi connectivity index (χ4n) is 3.61. The number of para-hydroxylation sites is 1. The molecule has 2 aliphatic heterocycles. The number of nitrogens with zero attached hydrogens (tertiary/aromatic N) is 2. The third-order valence-corrected chi connectivity index (χ3v) is 5.06. The monoisotopic (exact) mass is 317 g/mol. The van der Waals surface area contributed by atoms with E-state index < -0.39 is 0 Å². The molecule has 2 fully saturated rings. The molecule has 23 heavy (non-hydrogen) atoms. The lowest BCUT2D eigenvalue weighted by Crippen LogP contribution is -2.51. The molecule has 3 atom stereocenters. The summed E-state index contributed by atoms with van der Waals surface area (Å²) in [6, 6.07) is 10.7. The highest BCUT2D eigenvalue weighted by molar-refractivity contribution is 5.81. The molecule has 0 radical (unpaired) electrons. The first-order valence-corrected chi connectivity index (χ1v) is 8.61. The second-order valence-electron chi connectivity index (χ2n) is 6.59. The molecule has 5 heteroatoms. The molecule has 2 aliphatic rings. The van der Waals surface area contributed by atoms with E-state index in [1.54, 1.807) is 0 Å². The molecule has 0 spiro atoms. The van der Waals surface area contributed by atoms with E-state index in [0.29, 0.717) is 6.54 Å². The van der Waals surface area contributed by atoms with Crippen LogP contribution in [0.15, 0.2) is 30.3 Å². The molecule has 126 valence electrons. The lowest BCUT2D eigenvalue weighted by molar-refractivity contribution is -0.143. The molecule has 0 saturated carbocycles. The van der Waals surface area contributed by atoms with Crippen molar-refractivity contribution in [2.75, 3.05) is 31.6 Å². The van der Waals surface area contributed by atoms with Gasteiger partial charge in [0.2, 0.25) is 0 Å². The van der Waals surface area contributed by atoms with Crippen molar-refractivity contribution in [2.24, 2.45) is 5.73 Å². The molecular formula is C18H27N3O2. The summed E-state index contributed by atoms with van der Waals surface area (Å²) in [5.41, 5.74) is 6.88. The number of carbonyl (C=O) groups is 1. The summed E-state index contributed by atoms with van der Waals surface area (Å²) >= 11 is 0. The zero-order chi connectivity index (χ0) is 16.2. The van der Waals surface area contributed by atoms with Gasteiger partial charge in [-0.3, -0.25) is 4.79 Å². The summed E-state index contributed by atoms with van der Waals surface area (Å²) in [7, 11) is 1.92. The highest BCUT2D eigenvalue weighted by atomic mass is 16.5. The lowest BCUT2D eigenvalue weighted by Gasteiger charge is -2.39. The van der Waals surface area contributed by atoms with E-state index >= 15 is 0 Å². The molecule has 0 aliphatic carbocycles. The van der Waals surface area contributed by atoms with Crippen molar-refractivity contribution in [2.45, 2.75) is 43.9 Å². The number of anilines is 1. The molecular weight excluding hydrogens is 290 g/mol. The largest absolute Gasteiger partial charge is 0.369 e. The second kappa shape index (κ2) is 7.32. The van der Waals surface area contributed by atoms with Gasteiger partial charge >= 0.3 is 0 Å². The maximum absolute atomic E-state index is 12.7. The number of rotatable bonds is 4. The minimum absolute atomic E-state index is 0.0459. The van der Waals surface area contributed by atoms with E-state index in [0.717, 1.165) is 38.8 Å². The molecule has 2 N–H and O–H groups in total. The number of piperidine rings is 1. The van der Waals surface area contributed by atoms with Gasteiger partial charge in [0.15, 0.2) is 0 Å². The molecule has 1 aromatic rings. The van der Waals surface area contributed by atoms with Crippen molar-refractivity contribution < 1.29 is 9.53 Å². The van der Waals surface area contributed by atoms with Crippen molar-refractivity contribution in [1.29, 1.82) is 0 Å². The quantitative estimate of drug-likeness (QED) is 0.917. The molecule has 3 rings (SSSR count). The Hall–Kier alpha value is -1.59. The zero-order valence-electron chi connectivity index (χ0n) is 13.9. The summed E-state index contributed by atoms with van der Waals surface area (Å²) in [4.78, 5) is 17.0. The number of ether oxygens (including phenoxy) is 1. The minimum Gasteiger partial charge on any atom is -0.369 e. The minimum atomic E-state index is -0.305. The highest BCUT2D eigenvalue weighted by Crippen LogP contribution is 2.25. The Bertz CT molecular complexity index is 522. The predicted molar refractivity (Wildman–Crippen MR) is 91.4 cm³/mol. The Morgan fingerprint density at radius 2 is 2.09 bits per heavy atom. The normalized spacial score (nSPS) is 27.9. The van der Waals surface area contributed by atoms with E-state index in [4.69, 9.17) is 10.5 Å². The number of benzene rings is 1. The number of hydrogen-bond acceptors (Lipinski definition) is 4. The first kappa shape index (κ1) is 16.3. The van der Waals surface area contributed by atoms with E-state index in [2.05, 4.69) is 29.2 Å². The average Bonchev–Trinajstić information content (AvgIpc) is 3.10. The maximum Gasteiger partial charge on any atom is 0.251 e. The van der Waals surface area contributed by atoms with Crippen LogP contribution in [0.2, 0.25) is 0 Å². The molecule has 5 nitrogen and oxygen atoms in total. The van der Waals surface area contributed by atoms with Gasteiger partial charge in [0.05, 0.1) is 6.10 Å². The number of nitrogens with two attached hydrogens (primary N) is 1. The van der Waals surface area contributed by atoms with Gasteiger partial charge in [-0.25, -0.2) is 0 Å². The standard InChI is InChI=1S/C18H27N3O2/c1-20(18(22)17-10-9-16(12-19)23-17)15-8-5-11-21(13-15)14-6-3-2-4-7-14/h2-4,6-7,15-17H,5,8-13,19H2,1H3/t15?,16-,17+/m1/s1. The van der Waals surface area contributed by atoms with Gasteiger partial charge < -0.3 is 20.3 Å². The smallest absolute Gasteiger partial charge is 0.251 e. The summed E-state index contributed by atoms with van der Waals surface area (Å²) in [6.45, 7) is 2.44. The van der Waals surface area contributed by atoms with Crippen molar-refractivity contribution in [3.63, 3.8) is 0 Å². The van der Waals surface area contributed by atoms with Gasteiger partial charge in [-0.05, 0) is 37.8 Å². The Labute approximate surface area is 138 Å². The summed E-state index contributed by atoms with van der Waals surface area (Å²) in [5.74, 6) is 0.112. The van der Waals surface area contributed by atoms with Crippen LogP contribution in [-0.4, -0.2) is 55.7 Å². The molecule has 1 aromatic carbocycles. The number of carbonyl (C=O) groups excluding carboxylic acids is 1. The van der Waals surface area contributed by atoms with Crippen molar-refractivity contribution in [3.05, 3.63) is 30.3 Å². The zero-order valence-corrected chi connectivity index (χ0v) is 13.9. The molecule has 0 bridgehead atoms. The summed E-state index contributed by atoms with van der Waals surface area (Å²) in [5, 5.41) is 0. The van der Waals surface area contributed by atoms with Crippen molar-refractivity contribution in [3.8, 4) is 0 Å². The molecule has 1 amide bonds. The van der Waals surface area contributed by atoms with Gasteiger partial charge in [0.25, 0.3) is 5.91 Å². The lowest BCUT2D eigenvalue weighted by atomic mass is 10.0. The Kier molecular flexibility index (Phi) is 5.18. The van der Waals surface area contributed by atoms with Gasteiger partial charge in [0.1, 0.15) is 6.10 Å². The van der Waals surface area contributed by atoms with Crippen LogP contribution in [0, 0.1) is 0 Å². The Morgan fingerprint density at radius 3 is 2.78 bits per heavy atom. The second-order valence-corrected chi connectivity index (χ2v) is 6.59. The van der Waals surface area contributed by atoms with Gasteiger partial charge in [0, 0.05) is 38.4 Å².